The molecule has 3 aromatic rings. The molecular weight excluding hydrogens is 356 g/mol. The highest BCUT2D eigenvalue weighted by atomic mass is 32.2. The molecule has 1 fully saturated rings. The molecule has 0 radical (unpaired) electrons. The maximum absolute atomic E-state index is 12.2. The predicted molar refractivity (Wildman–Crippen MR) is 108 cm³/mol. The molecule has 1 heterocycles. The van der Waals surface area contributed by atoms with Crippen LogP contribution in [0.1, 0.15) is 25.7 Å². The molecule has 1 saturated carbocycles. The zero-order valence-electron chi connectivity index (χ0n) is 15.1. The van der Waals surface area contributed by atoms with Crippen LogP contribution in [0.15, 0.2) is 70.3 Å². The quantitative estimate of drug-likeness (QED) is 0.602. The lowest BCUT2D eigenvalue weighted by atomic mass is 10.1. The zero-order chi connectivity index (χ0) is 18.5. The molecule has 0 bridgehead atoms. The summed E-state index contributed by atoms with van der Waals surface area (Å²) in [7, 11) is 0. The van der Waals surface area contributed by atoms with Crippen LogP contribution in [-0.2, 0) is 4.79 Å². The summed E-state index contributed by atoms with van der Waals surface area (Å²) < 4.78 is 6.05. The molecule has 1 amide bonds. The van der Waals surface area contributed by atoms with Crippen molar-refractivity contribution in [2.24, 2.45) is 0 Å². The second-order valence-electron chi connectivity index (χ2n) is 6.73. The van der Waals surface area contributed by atoms with Crippen LogP contribution in [0.2, 0.25) is 0 Å². The van der Waals surface area contributed by atoms with Crippen LogP contribution in [0, 0.1) is 0 Å². The molecule has 1 aliphatic rings. The van der Waals surface area contributed by atoms with Crippen molar-refractivity contribution in [2.75, 3.05) is 5.75 Å². The number of hydrogen-bond donors (Lipinski definition) is 1. The Morgan fingerprint density at radius 3 is 2.30 bits per heavy atom. The van der Waals surface area contributed by atoms with E-state index in [-0.39, 0.29) is 5.91 Å². The highest BCUT2D eigenvalue weighted by Gasteiger charge is 2.20. The van der Waals surface area contributed by atoms with E-state index in [1.807, 2.05) is 60.7 Å². The molecule has 0 unspecified atom stereocenters. The maximum atomic E-state index is 12.2. The molecule has 0 atom stereocenters. The molecule has 0 spiro atoms. The summed E-state index contributed by atoms with van der Waals surface area (Å²) in [5.74, 6) is 1.10. The highest BCUT2D eigenvalue weighted by Crippen LogP contribution is 2.35. The molecule has 0 aliphatic heterocycles. The van der Waals surface area contributed by atoms with Gasteiger partial charge in [-0.3, -0.25) is 4.79 Å². The fourth-order valence-electron chi connectivity index (χ4n) is 3.41. The lowest BCUT2D eigenvalue weighted by Crippen LogP contribution is -2.33. The van der Waals surface area contributed by atoms with Gasteiger partial charge < -0.3 is 9.73 Å². The number of amides is 1. The summed E-state index contributed by atoms with van der Waals surface area (Å²) in [6.07, 6.45) is 4.59. The summed E-state index contributed by atoms with van der Waals surface area (Å²) >= 11 is 1.35. The van der Waals surface area contributed by atoms with Gasteiger partial charge in [-0.1, -0.05) is 85.3 Å². The minimum Gasteiger partial charge on any atom is -0.431 e. The van der Waals surface area contributed by atoms with Crippen LogP contribution < -0.4 is 5.32 Å². The van der Waals surface area contributed by atoms with Gasteiger partial charge >= 0.3 is 0 Å². The van der Waals surface area contributed by atoms with Gasteiger partial charge in [0, 0.05) is 17.2 Å². The van der Waals surface area contributed by atoms with Gasteiger partial charge in [0.1, 0.15) is 5.69 Å². The van der Waals surface area contributed by atoms with Crippen LogP contribution in [0.4, 0.5) is 0 Å². The number of aromatic nitrogens is 1. The summed E-state index contributed by atoms with van der Waals surface area (Å²) in [5, 5.41) is 3.63. The first kappa shape index (κ1) is 17.9. The molecular formula is C22H22N2O2S. The smallest absolute Gasteiger partial charge is 0.257 e. The van der Waals surface area contributed by atoms with Gasteiger partial charge in [-0.2, -0.15) is 0 Å². The second-order valence-corrected chi connectivity index (χ2v) is 7.65. The van der Waals surface area contributed by atoms with Crippen molar-refractivity contribution in [2.45, 2.75) is 36.9 Å². The molecule has 5 heteroatoms. The number of benzene rings is 2. The van der Waals surface area contributed by atoms with Gasteiger partial charge in [-0.05, 0) is 12.8 Å². The average Bonchev–Trinajstić information content (AvgIpc) is 3.38. The first-order valence-corrected chi connectivity index (χ1v) is 10.3. The van der Waals surface area contributed by atoms with E-state index in [0.29, 0.717) is 17.0 Å². The monoisotopic (exact) mass is 378 g/mol. The zero-order valence-corrected chi connectivity index (χ0v) is 15.9. The highest BCUT2D eigenvalue weighted by molar-refractivity contribution is 7.99. The Morgan fingerprint density at radius 1 is 1.00 bits per heavy atom. The second kappa shape index (κ2) is 8.44. The Labute approximate surface area is 163 Å². The Bertz CT molecular complexity index is 830. The van der Waals surface area contributed by atoms with Gasteiger partial charge in [0.05, 0.1) is 5.75 Å². The summed E-state index contributed by atoms with van der Waals surface area (Å²) in [6.45, 7) is 0. The number of nitrogens with zero attached hydrogens (tertiary/aromatic N) is 1. The van der Waals surface area contributed by atoms with E-state index >= 15 is 0 Å². The van der Waals surface area contributed by atoms with E-state index in [9.17, 15) is 4.79 Å². The number of carbonyl (C=O) groups is 1. The number of hydrogen-bond acceptors (Lipinski definition) is 4. The van der Waals surface area contributed by atoms with Crippen LogP contribution in [0.3, 0.4) is 0 Å². The van der Waals surface area contributed by atoms with Crippen molar-refractivity contribution in [3.63, 3.8) is 0 Å². The van der Waals surface area contributed by atoms with E-state index in [1.165, 1.54) is 24.6 Å². The number of rotatable bonds is 6. The summed E-state index contributed by atoms with van der Waals surface area (Å²) in [4.78, 5) is 16.9. The fraction of sp³-hybridized carbons (Fsp3) is 0.273. The standard InChI is InChI=1S/C22H22N2O2S/c25-19(23-18-13-7-8-14-18)15-27-22-24-20(16-9-3-1-4-10-16)21(26-22)17-11-5-2-6-12-17/h1-6,9-12,18H,7-8,13-15H2,(H,23,25). The minimum atomic E-state index is 0.0487. The van der Waals surface area contributed by atoms with Gasteiger partial charge in [-0.25, -0.2) is 4.98 Å². The first-order valence-electron chi connectivity index (χ1n) is 9.33. The van der Waals surface area contributed by atoms with Gasteiger partial charge in [0.25, 0.3) is 5.22 Å². The SMILES string of the molecule is O=C(CSc1nc(-c2ccccc2)c(-c2ccccc2)o1)NC1CCCC1. The molecule has 1 N–H and O–H groups in total. The van der Waals surface area contributed by atoms with E-state index in [1.54, 1.807) is 0 Å². The summed E-state index contributed by atoms with van der Waals surface area (Å²) in [6, 6.07) is 20.3. The van der Waals surface area contributed by atoms with Gasteiger partial charge in [0.15, 0.2) is 5.76 Å². The topological polar surface area (TPSA) is 55.1 Å². The molecule has 0 saturated heterocycles. The van der Waals surface area contributed by atoms with Crippen LogP contribution >= 0.6 is 11.8 Å². The lowest BCUT2D eigenvalue weighted by molar-refractivity contribution is -0.119. The Hall–Kier alpha value is -2.53. The van der Waals surface area contributed by atoms with Crippen LogP contribution in [0.25, 0.3) is 22.6 Å². The molecule has 1 aromatic heterocycles. The third-order valence-corrected chi connectivity index (χ3v) is 5.57. The van der Waals surface area contributed by atoms with Crippen LogP contribution in [0.5, 0.6) is 0 Å². The van der Waals surface area contributed by atoms with Crippen molar-refractivity contribution in [3.8, 4) is 22.6 Å². The minimum absolute atomic E-state index is 0.0487. The third-order valence-electron chi connectivity index (χ3n) is 4.74. The summed E-state index contributed by atoms with van der Waals surface area (Å²) in [5.41, 5.74) is 2.79. The Balaban J connectivity index is 1.53. The van der Waals surface area contributed by atoms with E-state index in [0.717, 1.165) is 35.4 Å². The van der Waals surface area contributed by atoms with Crippen LogP contribution in [-0.4, -0.2) is 22.7 Å². The predicted octanol–water partition coefficient (Wildman–Crippen LogP) is 5.16. The maximum Gasteiger partial charge on any atom is 0.257 e. The average molecular weight is 378 g/mol. The molecule has 4 rings (SSSR count). The molecule has 27 heavy (non-hydrogen) atoms. The van der Waals surface area contributed by atoms with Crippen molar-refractivity contribution in [1.82, 2.24) is 10.3 Å². The van der Waals surface area contributed by atoms with Crippen molar-refractivity contribution in [1.29, 1.82) is 0 Å². The first-order chi connectivity index (χ1) is 13.3. The largest absolute Gasteiger partial charge is 0.431 e. The number of oxazole rings is 1. The van der Waals surface area contributed by atoms with Gasteiger partial charge in [-0.15, -0.1) is 0 Å². The van der Waals surface area contributed by atoms with Crippen molar-refractivity contribution < 1.29 is 9.21 Å². The van der Waals surface area contributed by atoms with Crippen molar-refractivity contribution >= 4 is 17.7 Å². The van der Waals surface area contributed by atoms with E-state index < -0.39 is 0 Å². The van der Waals surface area contributed by atoms with Crippen molar-refractivity contribution in [3.05, 3.63) is 60.7 Å². The normalized spacial score (nSPS) is 14.4. The Morgan fingerprint density at radius 2 is 1.63 bits per heavy atom. The fourth-order valence-corrected chi connectivity index (χ4v) is 4.04. The Kier molecular flexibility index (Phi) is 5.58. The molecule has 2 aromatic carbocycles. The number of carbonyl (C=O) groups excluding carboxylic acids is 1. The van der Waals surface area contributed by atoms with E-state index in [2.05, 4.69) is 10.3 Å². The number of nitrogens with one attached hydrogen (secondary N) is 1. The molecule has 1 aliphatic carbocycles. The molecule has 4 nitrogen and oxygen atoms in total. The lowest BCUT2D eigenvalue weighted by Gasteiger charge is -2.10. The number of thioether (sulfide) groups is 1. The molecule has 138 valence electrons. The van der Waals surface area contributed by atoms with Gasteiger partial charge in [0.2, 0.25) is 5.91 Å². The third kappa shape index (κ3) is 4.42. The van der Waals surface area contributed by atoms with E-state index in [4.69, 9.17) is 4.42 Å².